The fourth-order valence-electron chi connectivity index (χ4n) is 2.64. The van der Waals surface area contributed by atoms with Gasteiger partial charge in [0, 0.05) is 26.8 Å². The molecule has 1 aliphatic heterocycles. The molecule has 3 rings (SSSR count). The van der Waals surface area contributed by atoms with Crippen LogP contribution in [0, 0.1) is 0 Å². The summed E-state index contributed by atoms with van der Waals surface area (Å²) in [5.74, 6) is 0.555. The maximum Gasteiger partial charge on any atom is 0.277 e. The van der Waals surface area contributed by atoms with Gasteiger partial charge < -0.3 is 10.0 Å². The van der Waals surface area contributed by atoms with Crippen LogP contribution in [0.3, 0.4) is 0 Å². The van der Waals surface area contributed by atoms with E-state index in [0.717, 1.165) is 16.8 Å². The number of amides is 1. The fourth-order valence-corrected chi connectivity index (χ4v) is 3.87. The van der Waals surface area contributed by atoms with Crippen molar-refractivity contribution in [1.82, 2.24) is 4.90 Å². The number of hydrogen-bond acceptors (Lipinski definition) is 4. The van der Waals surface area contributed by atoms with E-state index < -0.39 is 0 Å². The van der Waals surface area contributed by atoms with Crippen molar-refractivity contribution >= 4 is 61.4 Å². The van der Waals surface area contributed by atoms with Crippen LogP contribution in [0.1, 0.15) is 11.1 Å². The summed E-state index contributed by atoms with van der Waals surface area (Å²) >= 11 is 6.62. The molecule has 1 aliphatic rings. The molecule has 7 heteroatoms. The highest BCUT2D eigenvalue weighted by Crippen LogP contribution is 2.33. The van der Waals surface area contributed by atoms with Crippen LogP contribution in [0.25, 0.3) is 12.2 Å². The van der Waals surface area contributed by atoms with E-state index in [1.165, 1.54) is 4.90 Å². The Balaban J connectivity index is 1.85. The SMILES string of the molecule is CN1C(=O)/C(=C/c2ccc(N(C)C)cc2)N=C1/C=C/c1cc(Br)c(O)c(Br)c1. The van der Waals surface area contributed by atoms with Crippen molar-refractivity contribution in [2.75, 3.05) is 26.0 Å². The molecule has 0 saturated carbocycles. The topological polar surface area (TPSA) is 56.1 Å². The van der Waals surface area contributed by atoms with E-state index in [2.05, 4.69) is 36.9 Å². The molecule has 2 aromatic rings. The van der Waals surface area contributed by atoms with Crippen molar-refractivity contribution in [3.8, 4) is 5.75 Å². The van der Waals surface area contributed by atoms with Gasteiger partial charge in [0.05, 0.1) is 8.95 Å². The molecule has 144 valence electrons. The molecule has 0 atom stereocenters. The van der Waals surface area contributed by atoms with E-state index in [0.29, 0.717) is 20.5 Å². The molecule has 1 amide bonds. The Hall–Kier alpha value is -2.38. The van der Waals surface area contributed by atoms with Crippen LogP contribution >= 0.6 is 31.9 Å². The zero-order valence-electron chi connectivity index (χ0n) is 15.6. The summed E-state index contributed by atoms with van der Waals surface area (Å²) < 4.78 is 1.17. The number of aliphatic imine (C=N–C) groups is 1. The number of nitrogens with zero attached hydrogens (tertiary/aromatic N) is 3. The van der Waals surface area contributed by atoms with Crippen LogP contribution in [0.15, 0.2) is 62.1 Å². The van der Waals surface area contributed by atoms with Crippen LogP contribution in [0.4, 0.5) is 5.69 Å². The van der Waals surface area contributed by atoms with E-state index in [1.54, 1.807) is 31.3 Å². The van der Waals surface area contributed by atoms with Crippen molar-refractivity contribution in [2.24, 2.45) is 4.99 Å². The van der Waals surface area contributed by atoms with Gasteiger partial charge in [0.25, 0.3) is 5.91 Å². The molecule has 0 aliphatic carbocycles. The van der Waals surface area contributed by atoms with E-state index in [4.69, 9.17) is 0 Å². The van der Waals surface area contributed by atoms with Gasteiger partial charge in [-0.2, -0.15) is 0 Å². The average Bonchev–Trinajstić information content (AvgIpc) is 2.92. The standard InChI is InChI=1S/C21H19Br2N3O2/c1-25(2)15-7-4-13(5-8-15)12-18-21(28)26(3)19(24-18)9-6-14-10-16(22)20(27)17(23)11-14/h4-12,27H,1-3H3/b9-6+,18-12-. The first-order valence-corrected chi connectivity index (χ1v) is 10.1. The predicted octanol–water partition coefficient (Wildman–Crippen LogP) is 4.91. The van der Waals surface area contributed by atoms with Crippen molar-refractivity contribution < 1.29 is 9.90 Å². The number of rotatable bonds is 4. The zero-order chi connectivity index (χ0) is 20.4. The normalized spacial score (nSPS) is 15.6. The highest BCUT2D eigenvalue weighted by Gasteiger charge is 2.25. The van der Waals surface area contributed by atoms with Crippen molar-refractivity contribution in [3.63, 3.8) is 0 Å². The van der Waals surface area contributed by atoms with Crippen LogP contribution < -0.4 is 4.90 Å². The Morgan fingerprint density at radius 3 is 2.21 bits per heavy atom. The van der Waals surface area contributed by atoms with Crippen LogP contribution in [-0.4, -0.2) is 42.9 Å². The molecule has 0 saturated heterocycles. The minimum atomic E-state index is -0.149. The summed E-state index contributed by atoms with van der Waals surface area (Å²) in [6.07, 6.45) is 5.40. The van der Waals surface area contributed by atoms with Gasteiger partial charge >= 0.3 is 0 Å². The number of halogens is 2. The van der Waals surface area contributed by atoms with Crippen LogP contribution in [-0.2, 0) is 4.79 Å². The molecule has 0 spiro atoms. The third kappa shape index (κ3) is 4.36. The number of aromatic hydroxyl groups is 1. The molecule has 28 heavy (non-hydrogen) atoms. The lowest BCUT2D eigenvalue weighted by Gasteiger charge is -2.11. The molecule has 5 nitrogen and oxygen atoms in total. The molecule has 2 aromatic carbocycles. The van der Waals surface area contributed by atoms with Gasteiger partial charge in [0.2, 0.25) is 0 Å². The smallest absolute Gasteiger partial charge is 0.277 e. The van der Waals surface area contributed by atoms with Crippen LogP contribution in [0.5, 0.6) is 5.75 Å². The molecule has 0 aromatic heterocycles. The van der Waals surface area contributed by atoms with Gasteiger partial charge in [0.15, 0.2) is 0 Å². The Labute approximate surface area is 180 Å². The number of amidine groups is 1. The van der Waals surface area contributed by atoms with Gasteiger partial charge in [-0.3, -0.25) is 9.69 Å². The number of hydrogen-bond donors (Lipinski definition) is 1. The molecular formula is C21H19Br2N3O2. The predicted molar refractivity (Wildman–Crippen MR) is 121 cm³/mol. The molecule has 0 unspecified atom stereocenters. The van der Waals surface area contributed by atoms with E-state index in [-0.39, 0.29) is 11.7 Å². The zero-order valence-corrected chi connectivity index (χ0v) is 18.8. The fraction of sp³-hybridized carbons (Fsp3) is 0.143. The van der Waals surface area contributed by atoms with Crippen molar-refractivity contribution in [2.45, 2.75) is 0 Å². The second-order valence-corrected chi connectivity index (χ2v) is 8.22. The summed E-state index contributed by atoms with van der Waals surface area (Å²) in [5, 5.41) is 9.81. The molecular weight excluding hydrogens is 486 g/mol. The highest BCUT2D eigenvalue weighted by atomic mass is 79.9. The van der Waals surface area contributed by atoms with E-state index >= 15 is 0 Å². The van der Waals surface area contributed by atoms with Gasteiger partial charge in [-0.05, 0) is 79.4 Å². The number of anilines is 1. The third-order valence-electron chi connectivity index (χ3n) is 4.28. The Kier molecular flexibility index (Phi) is 6.05. The first kappa shape index (κ1) is 20.4. The molecule has 1 N–H and O–H groups in total. The second kappa shape index (κ2) is 8.32. The largest absolute Gasteiger partial charge is 0.506 e. The van der Waals surface area contributed by atoms with Gasteiger partial charge in [-0.1, -0.05) is 18.2 Å². The Morgan fingerprint density at radius 1 is 1.04 bits per heavy atom. The monoisotopic (exact) mass is 503 g/mol. The molecule has 0 radical (unpaired) electrons. The lowest BCUT2D eigenvalue weighted by Crippen LogP contribution is -2.26. The second-order valence-electron chi connectivity index (χ2n) is 6.52. The summed E-state index contributed by atoms with van der Waals surface area (Å²) in [5.41, 5.74) is 3.27. The highest BCUT2D eigenvalue weighted by molar-refractivity contribution is 9.11. The van der Waals surface area contributed by atoms with Gasteiger partial charge in [-0.15, -0.1) is 0 Å². The first-order chi connectivity index (χ1) is 13.3. The number of carbonyl (C=O) groups is 1. The van der Waals surface area contributed by atoms with Crippen molar-refractivity contribution in [3.05, 3.63) is 68.2 Å². The lowest BCUT2D eigenvalue weighted by atomic mass is 10.1. The summed E-state index contributed by atoms with van der Waals surface area (Å²) in [4.78, 5) is 20.5. The van der Waals surface area contributed by atoms with Crippen molar-refractivity contribution in [1.29, 1.82) is 0 Å². The molecule has 0 bridgehead atoms. The third-order valence-corrected chi connectivity index (χ3v) is 5.49. The minimum Gasteiger partial charge on any atom is -0.506 e. The minimum absolute atomic E-state index is 0.146. The number of likely N-dealkylation sites (N-methyl/N-ethyl adjacent to an activating group) is 1. The number of phenols is 1. The maximum atomic E-state index is 12.5. The Morgan fingerprint density at radius 2 is 1.64 bits per heavy atom. The number of phenolic OH excluding ortho intramolecular Hbond substituents is 1. The lowest BCUT2D eigenvalue weighted by molar-refractivity contribution is -0.121. The first-order valence-electron chi connectivity index (χ1n) is 8.48. The van der Waals surface area contributed by atoms with E-state index in [9.17, 15) is 9.90 Å². The van der Waals surface area contributed by atoms with Gasteiger partial charge in [0.1, 0.15) is 17.3 Å². The Bertz CT molecular complexity index is 986. The maximum absolute atomic E-state index is 12.5. The summed E-state index contributed by atoms with van der Waals surface area (Å²) in [6.45, 7) is 0. The molecule has 0 fully saturated rings. The average molecular weight is 505 g/mol. The van der Waals surface area contributed by atoms with Gasteiger partial charge in [-0.25, -0.2) is 4.99 Å². The summed E-state index contributed by atoms with van der Waals surface area (Å²) in [7, 11) is 5.66. The van der Waals surface area contributed by atoms with E-state index in [1.807, 2.05) is 49.3 Å². The number of benzene rings is 2. The number of carbonyl (C=O) groups excluding carboxylic acids is 1. The summed E-state index contributed by atoms with van der Waals surface area (Å²) in [6, 6.07) is 11.5. The quantitative estimate of drug-likeness (QED) is 0.602. The molecule has 1 heterocycles. The van der Waals surface area contributed by atoms with Crippen LogP contribution in [0.2, 0.25) is 0 Å².